The number of halogens is 2. The number of methoxy groups -OCH3 is 2. The van der Waals surface area contributed by atoms with E-state index in [0.717, 1.165) is 0 Å². The molecular weight excluding hydrogens is 491 g/mol. The van der Waals surface area contributed by atoms with E-state index in [1.165, 1.54) is 44.6 Å². The first kappa shape index (κ1) is 22.0. The first-order valence-electron chi connectivity index (χ1n) is 9.64. The highest BCUT2D eigenvalue weighted by atomic mass is 35.5. The molecule has 0 saturated heterocycles. The van der Waals surface area contributed by atoms with E-state index >= 15 is 0 Å². The van der Waals surface area contributed by atoms with Gasteiger partial charge in [0.15, 0.2) is 40.1 Å². The number of esters is 1. The molecule has 0 unspecified atom stereocenters. The minimum atomic E-state index is -1.75. The summed E-state index contributed by atoms with van der Waals surface area (Å²) in [4.78, 5) is 24.6. The fourth-order valence-electron chi connectivity index (χ4n) is 4.28. The first-order valence-corrected chi connectivity index (χ1v) is 10.4. The van der Waals surface area contributed by atoms with Crippen molar-refractivity contribution in [2.24, 2.45) is 0 Å². The number of phenolic OH excluding ortho intramolecular Hbond substituents is 2. The molecule has 0 amide bonds. The number of carboxylic acid groups (broad SMARTS) is 1. The minimum absolute atomic E-state index is 0.00923. The van der Waals surface area contributed by atoms with E-state index in [4.69, 9.17) is 42.1 Å². The summed E-state index contributed by atoms with van der Waals surface area (Å²) >= 11 is 12.8. The zero-order valence-corrected chi connectivity index (χ0v) is 18.9. The Bertz CT molecular complexity index is 1370. The molecule has 0 fully saturated rings. The van der Waals surface area contributed by atoms with Gasteiger partial charge >= 0.3 is 11.9 Å². The van der Waals surface area contributed by atoms with Crippen LogP contribution in [0.5, 0.6) is 34.5 Å². The Kier molecular flexibility index (Phi) is 4.75. The molecule has 0 saturated carbocycles. The maximum Gasteiger partial charge on any atom is 0.340 e. The molecule has 34 heavy (non-hydrogen) atoms. The van der Waals surface area contributed by atoms with E-state index in [2.05, 4.69) is 0 Å². The number of carboxylic acids is 1. The lowest BCUT2D eigenvalue weighted by Crippen LogP contribution is -2.33. The van der Waals surface area contributed by atoms with Crippen molar-refractivity contribution in [1.82, 2.24) is 0 Å². The van der Waals surface area contributed by atoms with E-state index in [1.807, 2.05) is 0 Å². The second-order valence-electron chi connectivity index (χ2n) is 7.47. The van der Waals surface area contributed by atoms with Crippen molar-refractivity contribution in [3.63, 3.8) is 0 Å². The van der Waals surface area contributed by atoms with Crippen molar-refractivity contribution >= 4 is 35.1 Å². The lowest BCUT2D eigenvalue weighted by Gasteiger charge is -2.37. The number of aromatic carboxylic acids is 1. The van der Waals surface area contributed by atoms with Crippen LogP contribution in [0.4, 0.5) is 0 Å². The van der Waals surface area contributed by atoms with Crippen molar-refractivity contribution in [1.29, 1.82) is 0 Å². The predicted octanol–water partition coefficient (Wildman–Crippen LogP) is 4.69. The van der Waals surface area contributed by atoms with E-state index in [-0.39, 0.29) is 60.9 Å². The number of carbonyl (C=O) groups excluding carboxylic acids is 1. The lowest BCUT2D eigenvalue weighted by molar-refractivity contribution is 0.0222. The zero-order valence-electron chi connectivity index (χ0n) is 17.4. The largest absolute Gasteiger partial charge is 0.503 e. The molecule has 9 nitrogen and oxygen atoms in total. The molecule has 2 aliphatic rings. The summed E-state index contributed by atoms with van der Waals surface area (Å²) in [7, 11) is 2.63. The molecule has 2 aliphatic heterocycles. The Hall–Kier alpha value is -3.82. The third-order valence-corrected chi connectivity index (χ3v) is 6.54. The molecule has 3 aromatic rings. The van der Waals surface area contributed by atoms with Gasteiger partial charge in [0.25, 0.3) is 0 Å². The Labute approximate surface area is 201 Å². The van der Waals surface area contributed by atoms with Crippen LogP contribution in [0, 0.1) is 0 Å². The van der Waals surface area contributed by atoms with Crippen LogP contribution in [-0.4, -0.2) is 41.5 Å². The highest BCUT2D eigenvalue weighted by Crippen LogP contribution is 2.63. The average Bonchev–Trinajstić information content (AvgIpc) is 3.11. The first-order chi connectivity index (χ1) is 16.1. The highest BCUT2D eigenvalue weighted by molar-refractivity contribution is 6.35. The summed E-state index contributed by atoms with van der Waals surface area (Å²) in [5, 5.41) is 29.8. The summed E-state index contributed by atoms with van der Waals surface area (Å²) in [5.41, 5.74) is -1.26. The maximum atomic E-state index is 13.1. The third kappa shape index (κ3) is 2.68. The zero-order chi connectivity index (χ0) is 24.5. The maximum absolute atomic E-state index is 13.1. The van der Waals surface area contributed by atoms with Crippen molar-refractivity contribution in [3.05, 3.63) is 68.2 Å². The smallest absolute Gasteiger partial charge is 0.340 e. The summed E-state index contributed by atoms with van der Waals surface area (Å²) in [6.45, 7) is 0. The van der Waals surface area contributed by atoms with Gasteiger partial charge in [-0.1, -0.05) is 29.3 Å². The number of fused-ring (bicyclic) bond motifs is 6. The van der Waals surface area contributed by atoms with Crippen LogP contribution in [0.15, 0.2) is 30.3 Å². The van der Waals surface area contributed by atoms with E-state index in [9.17, 15) is 24.9 Å². The van der Waals surface area contributed by atoms with Crippen LogP contribution < -0.4 is 14.2 Å². The Balaban J connectivity index is 1.95. The van der Waals surface area contributed by atoms with Crippen LogP contribution >= 0.6 is 23.2 Å². The third-order valence-electron chi connectivity index (χ3n) is 5.84. The molecule has 0 radical (unpaired) electrons. The minimum Gasteiger partial charge on any atom is -0.503 e. The SMILES string of the molecule is COc1cc2c(c(Cl)c1O)Oc1c(cc(OC)c(O)c1Cl)C21OC(=O)c2cc(C(=O)O)ccc21. The number of carbonyl (C=O) groups is 2. The lowest BCUT2D eigenvalue weighted by atomic mass is 9.77. The quantitative estimate of drug-likeness (QED) is 0.434. The summed E-state index contributed by atoms with van der Waals surface area (Å²) in [6.07, 6.45) is 0. The van der Waals surface area contributed by atoms with Crippen LogP contribution in [0.2, 0.25) is 10.0 Å². The van der Waals surface area contributed by atoms with Crippen molar-refractivity contribution in [2.75, 3.05) is 14.2 Å². The van der Waals surface area contributed by atoms with Crippen LogP contribution in [-0.2, 0) is 10.3 Å². The average molecular weight is 505 g/mol. The molecule has 3 aromatic carbocycles. The molecule has 3 N–H and O–H groups in total. The van der Waals surface area contributed by atoms with Gasteiger partial charge in [-0.15, -0.1) is 0 Å². The molecule has 1 spiro atoms. The molecule has 174 valence electrons. The van der Waals surface area contributed by atoms with Crippen molar-refractivity contribution in [3.8, 4) is 34.5 Å². The molecule has 5 rings (SSSR count). The molecular formula is C23H14Cl2O9. The number of aromatic hydroxyl groups is 2. The Morgan fingerprint density at radius 2 is 1.44 bits per heavy atom. The molecule has 0 atom stereocenters. The molecule has 0 aromatic heterocycles. The fraction of sp³-hybridized carbons (Fsp3) is 0.130. The van der Waals surface area contributed by atoms with E-state index < -0.39 is 29.0 Å². The standard InChI is InChI=1S/C23H14Cl2O9/c1-31-13-6-11-19(15(24)17(13)26)33-20-12(7-14(32-2)18(27)16(20)25)23(11)10-4-3-8(21(28)29)5-9(10)22(30)34-23/h3-7,26-27H,1-2H3,(H,28,29). The fourth-order valence-corrected chi connectivity index (χ4v) is 4.75. The van der Waals surface area contributed by atoms with E-state index in [1.54, 1.807) is 0 Å². The second kappa shape index (κ2) is 7.34. The summed E-state index contributed by atoms with van der Waals surface area (Å²) < 4.78 is 22.3. The van der Waals surface area contributed by atoms with Crippen molar-refractivity contribution < 1.29 is 43.9 Å². The van der Waals surface area contributed by atoms with Gasteiger partial charge in [0.1, 0.15) is 10.0 Å². The van der Waals surface area contributed by atoms with Gasteiger partial charge in [-0.05, 0) is 24.3 Å². The van der Waals surface area contributed by atoms with Gasteiger partial charge in [-0.2, -0.15) is 0 Å². The number of ether oxygens (including phenoxy) is 4. The number of rotatable bonds is 3. The predicted molar refractivity (Wildman–Crippen MR) is 118 cm³/mol. The molecule has 2 heterocycles. The second-order valence-corrected chi connectivity index (χ2v) is 8.23. The normalized spacial score (nSPS) is 14.5. The monoisotopic (exact) mass is 504 g/mol. The summed E-state index contributed by atoms with van der Waals surface area (Å²) in [5.74, 6) is -3.15. The van der Waals surface area contributed by atoms with E-state index in [0.29, 0.717) is 0 Å². The number of phenols is 2. The van der Waals surface area contributed by atoms with Gasteiger partial charge in [0.05, 0.1) is 36.5 Å². The van der Waals surface area contributed by atoms with Crippen LogP contribution in [0.3, 0.4) is 0 Å². The van der Waals surface area contributed by atoms with Gasteiger partial charge in [0.2, 0.25) is 0 Å². The Morgan fingerprint density at radius 3 is 1.91 bits per heavy atom. The Morgan fingerprint density at radius 1 is 0.912 bits per heavy atom. The highest BCUT2D eigenvalue weighted by Gasteiger charge is 2.56. The van der Waals surface area contributed by atoms with Gasteiger partial charge < -0.3 is 34.3 Å². The molecule has 0 bridgehead atoms. The van der Waals surface area contributed by atoms with Crippen LogP contribution in [0.25, 0.3) is 0 Å². The molecule has 0 aliphatic carbocycles. The van der Waals surface area contributed by atoms with Gasteiger partial charge in [-0.25, -0.2) is 9.59 Å². The van der Waals surface area contributed by atoms with Gasteiger partial charge in [-0.3, -0.25) is 0 Å². The number of hydrogen-bond acceptors (Lipinski definition) is 8. The van der Waals surface area contributed by atoms with Crippen molar-refractivity contribution in [2.45, 2.75) is 5.60 Å². The number of benzene rings is 3. The van der Waals surface area contributed by atoms with Crippen LogP contribution in [0.1, 0.15) is 37.4 Å². The van der Waals surface area contributed by atoms with Gasteiger partial charge in [0, 0.05) is 5.56 Å². The topological polar surface area (TPSA) is 132 Å². The number of hydrogen-bond donors (Lipinski definition) is 3. The summed E-state index contributed by atoms with van der Waals surface area (Å²) in [6, 6.07) is 6.73. The molecule has 11 heteroatoms.